The van der Waals surface area contributed by atoms with Crippen LogP contribution in [0.3, 0.4) is 0 Å². The lowest BCUT2D eigenvalue weighted by atomic mass is 10.9. The Kier molecular flexibility index (Phi) is 2.70. The molecule has 6 heavy (non-hydrogen) atoms. The molecule has 0 spiro atoms. The molecule has 0 bridgehead atoms. The van der Waals surface area contributed by atoms with Crippen LogP contribution in [0.1, 0.15) is 0 Å². The predicted molar refractivity (Wildman–Crippen MR) is 22.1 cm³/mol. The quantitative estimate of drug-likeness (QED) is 0.423. The number of hydrogen-bond acceptors (Lipinski definition) is 3. The lowest BCUT2D eigenvalue weighted by Gasteiger charge is -1.59. The van der Waals surface area contributed by atoms with Crippen LogP contribution in [-0.2, 0) is 10.3 Å². The molecule has 0 heterocycles. The molecule has 4 heteroatoms. The molecule has 0 saturated heterocycles. The topological polar surface area (TPSA) is 54.4 Å². The summed E-state index contributed by atoms with van der Waals surface area (Å²) in [6, 6.07) is 0. The lowest BCUT2D eigenvalue weighted by molar-refractivity contribution is 0.363. The summed E-state index contributed by atoms with van der Waals surface area (Å²) in [4.78, 5) is 0. The van der Waals surface area contributed by atoms with Gasteiger partial charge in [-0.15, -0.1) is 0 Å². The van der Waals surface area contributed by atoms with E-state index in [1.807, 2.05) is 0 Å². The van der Waals surface area contributed by atoms with Crippen molar-refractivity contribution in [2.24, 2.45) is 0 Å². The van der Waals surface area contributed by atoms with Gasteiger partial charge >= 0.3 is 0 Å². The van der Waals surface area contributed by atoms with E-state index in [0.29, 0.717) is 0 Å². The summed E-state index contributed by atoms with van der Waals surface area (Å²) in [7, 11) is -2.19. The standard InChI is InChI=1S/C2H4O3S/c3-1-2-6(4)5/h2-3H,1H2. The van der Waals surface area contributed by atoms with Gasteiger partial charge in [0.15, 0.2) is 0 Å². The summed E-state index contributed by atoms with van der Waals surface area (Å²) in [5.74, 6) is 0. The Morgan fingerprint density at radius 3 is 2.17 bits per heavy atom. The molecule has 0 unspecified atom stereocenters. The fourth-order valence-corrected chi connectivity index (χ4v) is 0.183. The first kappa shape index (κ1) is 5.65. The highest BCUT2D eigenvalue weighted by Crippen LogP contribution is 1.38. The van der Waals surface area contributed by atoms with Crippen LogP contribution in [0.2, 0.25) is 0 Å². The molecule has 0 aliphatic heterocycles. The molecule has 0 aromatic heterocycles. The third kappa shape index (κ3) is 3.65. The zero-order valence-corrected chi connectivity index (χ0v) is 3.77. The second-order valence-corrected chi connectivity index (χ2v) is 1.46. The predicted octanol–water partition coefficient (Wildman–Crippen LogP) is -1.34. The van der Waals surface area contributed by atoms with Crippen molar-refractivity contribution < 1.29 is 13.5 Å². The molecule has 36 valence electrons. The van der Waals surface area contributed by atoms with E-state index in [0.717, 1.165) is 5.37 Å². The first-order valence-corrected chi connectivity index (χ1v) is 2.43. The van der Waals surface area contributed by atoms with Gasteiger partial charge in [-0.2, -0.15) is 8.42 Å². The Morgan fingerprint density at radius 2 is 2.17 bits per heavy atom. The summed E-state index contributed by atoms with van der Waals surface area (Å²) < 4.78 is 18.8. The minimum absolute atomic E-state index is 0.407. The number of rotatable bonds is 1. The molecule has 1 N–H and O–H groups in total. The van der Waals surface area contributed by atoms with Crippen LogP contribution in [0, 0.1) is 0 Å². The number of aliphatic hydroxyl groups excluding tert-OH is 1. The zero-order valence-electron chi connectivity index (χ0n) is 2.96. The van der Waals surface area contributed by atoms with E-state index in [1.54, 1.807) is 0 Å². The second-order valence-electron chi connectivity index (χ2n) is 0.610. The highest BCUT2D eigenvalue weighted by Gasteiger charge is 1.62. The van der Waals surface area contributed by atoms with E-state index >= 15 is 0 Å². The molecule has 0 aromatic carbocycles. The minimum Gasteiger partial charge on any atom is -0.391 e. The van der Waals surface area contributed by atoms with Gasteiger partial charge in [0, 0.05) is 0 Å². The van der Waals surface area contributed by atoms with E-state index < -0.39 is 16.9 Å². The fourth-order valence-electron chi connectivity index (χ4n) is 0.0609. The molecule has 0 amide bonds. The largest absolute Gasteiger partial charge is 0.391 e. The molecule has 0 atom stereocenters. The second kappa shape index (κ2) is 2.87. The van der Waals surface area contributed by atoms with Crippen LogP contribution in [0.25, 0.3) is 0 Å². The summed E-state index contributed by atoms with van der Waals surface area (Å²) in [6.07, 6.45) is 0. The molecule has 0 fully saturated rings. The molecule has 0 rings (SSSR count). The van der Waals surface area contributed by atoms with E-state index in [4.69, 9.17) is 5.11 Å². The van der Waals surface area contributed by atoms with Crippen LogP contribution in [0.15, 0.2) is 0 Å². The van der Waals surface area contributed by atoms with Crippen molar-refractivity contribution in [2.45, 2.75) is 0 Å². The Morgan fingerprint density at radius 1 is 1.67 bits per heavy atom. The van der Waals surface area contributed by atoms with Gasteiger partial charge in [0.1, 0.15) is 0 Å². The van der Waals surface area contributed by atoms with Crippen LogP contribution in [-0.4, -0.2) is 25.5 Å². The van der Waals surface area contributed by atoms with Gasteiger partial charge in [-0.1, -0.05) is 0 Å². The molecule has 0 saturated carbocycles. The molecule has 3 nitrogen and oxygen atoms in total. The van der Waals surface area contributed by atoms with E-state index in [9.17, 15) is 8.42 Å². The van der Waals surface area contributed by atoms with Crippen molar-refractivity contribution in [3.05, 3.63) is 0 Å². The SMILES string of the molecule is O=S(=O)=CCO. The summed E-state index contributed by atoms with van der Waals surface area (Å²) in [5, 5.41) is 8.55. The molecular weight excluding hydrogens is 104 g/mol. The van der Waals surface area contributed by atoms with E-state index in [2.05, 4.69) is 0 Å². The van der Waals surface area contributed by atoms with Crippen molar-refractivity contribution in [1.82, 2.24) is 0 Å². The van der Waals surface area contributed by atoms with Gasteiger partial charge in [0.2, 0.25) is 10.3 Å². The van der Waals surface area contributed by atoms with Gasteiger partial charge in [0.05, 0.1) is 12.0 Å². The van der Waals surface area contributed by atoms with Crippen LogP contribution >= 0.6 is 0 Å². The first-order chi connectivity index (χ1) is 2.77. The van der Waals surface area contributed by atoms with Crippen molar-refractivity contribution in [3.8, 4) is 0 Å². The maximum atomic E-state index is 9.38. The number of hydrogen-bond donors (Lipinski definition) is 1. The van der Waals surface area contributed by atoms with Gasteiger partial charge in [0.25, 0.3) is 0 Å². The van der Waals surface area contributed by atoms with Crippen molar-refractivity contribution >= 4 is 15.7 Å². The van der Waals surface area contributed by atoms with E-state index in [1.165, 1.54) is 0 Å². The number of aliphatic hydroxyl groups is 1. The molecule has 0 aliphatic rings. The van der Waals surface area contributed by atoms with Crippen molar-refractivity contribution in [1.29, 1.82) is 0 Å². The van der Waals surface area contributed by atoms with Crippen LogP contribution in [0.4, 0.5) is 0 Å². The first-order valence-electron chi connectivity index (χ1n) is 1.29. The zero-order chi connectivity index (χ0) is 4.99. The van der Waals surface area contributed by atoms with E-state index in [-0.39, 0.29) is 0 Å². The van der Waals surface area contributed by atoms with Gasteiger partial charge in [-0.05, 0) is 0 Å². The fraction of sp³-hybridized carbons (Fsp3) is 0.500. The van der Waals surface area contributed by atoms with Crippen LogP contribution in [0.5, 0.6) is 0 Å². The Bertz CT molecular complexity index is 123. The lowest BCUT2D eigenvalue weighted by Crippen LogP contribution is -1.80. The Hall–Kier alpha value is -0.350. The highest BCUT2D eigenvalue weighted by atomic mass is 32.2. The monoisotopic (exact) mass is 108 g/mol. The molecule has 0 aromatic rings. The maximum absolute atomic E-state index is 9.38. The third-order valence-corrected chi connectivity index (χ3v) is 0.632. The smallest absolute Gasteiger partial charge is 0.212 e. The van der Waals surface area contributed by atoms with Gasteiger partial charge in [-0.25, -0.2) is 0 Å². The molecular formula is C2H4O3S. The molecule has 0 radical (unpaired) electrons. The maximum Gasteiger partial charge on any atom is 0.212 e. The Labute approximate surface area is 36.8 Å². The normalized spacial score (nSPS) is 7.50. The summed E-state index contributed by atoms with van der Waals surface area (Å²) in [5.41, 5.74) is 0. The highest BCUT2D eigenvalue weighted by molar-refractivity contribution is 7.71. The average Bonchev–Trinajstić information content (AvgIpc) is 1.35. The third-order valence-electron chi connectivity index (χ3n) is 0.211. The molecule has 0 aliphatic carbocycles. The summed E-state index contributed by atoms with van der Waals surface area (Å²) >= 11 is 0. The van der Waals surface area contributed by atoms with Crippen LogP contribution < -0.4 is 0 Å². The van der Waals surface area contributed by atoms with Crippen molar-refractivity contribution in [3.63, 3.8) is 0 Å². The van der Waals surface area contributed by atoms with Gasteiger partial charge in [-0.3, -0.25) is 0 Å². The average molecular weight is 108 g/mol. The van der Waals surface area contributed by atoms with Gasteiger partial charge < -0.3 is 5.11 Å². The van der Waals surface area contributed by atoms with Crippen molar-refractivity contribution in [2.75, 3.05) is 6.61 Å². The minimum atomic E-state index is -2.19. The Balaban J connectivity index is 3.78. The summed E-state index contributed by atoms with van der Waals surface area (Å²) in [6.45, 7) is -0.407.